The van der Waals surface area contributed by atoms with Gasteiger partial charge >= 0.3 is 0 Å². The molecule has 0 aliphatic carbocycles. The zero-order valence-electron chi connectivity index (χ0n) is 12.3. The van der Waals surface area contributed by atoms with Crippen molar-refractivity contribution < 1.29 is 9.53 Å². The fraction of sp³-hybridized carbons (Fsp3) is 0.375. The Hall–Kier alpha value is -2.30. The van der Waals surface area contributed by atoms with Crippen molar-refractivity contribution >= 4 is 11.6 Å². The lowest BCUT2D eigenvalue weighted by Crippen LogP contribution is -2.45. The van der Waals surface area contributed by atoms with Crippen LogP contribution in [0.3, 0.4) is 0 Å². The second-order valence-electron chi connectivity index (χ2n) is 5.11. The number of carbonyl (C=O) groups excluding carboxylic acids is 1. The van der Waals surface area contributed by atoms with Gasteiger partial charge in [-0.05, 0) is 19.1 Å². The van der Waals surface area contributed by atoms with Gasteiger partial charge in [0.1, 0.15) is 11.6 Å². The number of fused-ring (bicyclic) bond motifs is 1. The average Bonchev–Trinajstić information content (AvgIpc) is 2.95. The van der Waals surface area contributed by atoms with Gasteiger partial charge in [-0.1, -0.05) is 19.1 Å². The molecule has 2 aromatic rings. The van der Waals surface area contributed by atoms with Crippen molar-refractivity contribution in [2.45, 2.75) is 32.9 Å². The van der Waals surface area contributed by atoms with E-state index < -0.39 is 6.10 Å². The number of aryl methyl sites for hydroxylation is 1. The SMILES string of the molecule is CCc1nccn1CCN1C(=O)[C@H](C)Oc2ccccc21. The molecule has 1 aliphatic rings. The highest BCUT2D eigenvalue weighted by molar-refractivity contribution is 5.99. The smallest absolute Gasteiger partial charge is 0.267 e. The van der Waals surface area contributed by atoms with Crippen LogP contribution < -0.4 is 9.64 Å². The van der Waals surface area contributed by atoms with Crippen molar-refractivity contribution in [3.63, 3.8) is 0 Å². The van der Waals surface area contributed by atoms with Gasteiger partial charge in [-0.25, -0.2) is 4.98 Å². The number of ether oxygens (including phenoxy) is 1. The largest absolute Gasteiger partial charge is 0.479 e. The Morgan fingerprint density at radius 2 is 2.10 bits per heavy atom. The van der Waals surface area contributed by atoms with E-state index in [0.29, 0.717) is 6.54 Å². The average molecular weight is 285 g/mol. The first-order valence-corrected chi connectivity index (χ1v) is 7.27. The minimum absolute atomic E-state index is 0.00636. The third-order valence-electron chi connectivity index (χ3n) is 3.76. The summed E-state index contributed by atoms with van der Waals surface area (Å²) in [5.74, 6) is 1.81. The lowest BCUT2D eigenvalue weighted by molar-refractivity contribution is -0.125. The van der Waals surface area contributed by atoms with Gasteiger partial charge in [-0.2, -0.15) is 0 Å². The molecule has 0 fully saturated rings. The van der Waals surface area contributed by atoms with Crippen molar-refractivity contribution in [1.82, 2.24) is 9.55 Å². The number of anilines is 1. The standard InChI is InChI=1S/C16H19N3O2/c1-3-15-17-8-9-18(15)10-11-19-13-6-4-5-7-14(13)21-12(2)16(19)20/h4-9,12H,3,10-11H2,1-2H3/t12-/m0/s1. The Kier molecular flexibility index (Phi) is 3.64. The summed E-state index contributed by atoms with van der Waals surface area (Å²) in [5, 5.41) is 0. The number of rotatable bonds is 4. The summed E-state index contributed by atoms with van der Waals surface area (Å²) in [4.78, 5) is 18.5. The van der Waals surface area contributed by atoms with Crippen molar-refractivity contribution in [3.05, 3.63) is 42.5 Å². The number of nitrogens with zero attached hydrogens (tertiary/aromatic N) is 3. The summed E-state index contributed by atoms with van der Waals surface area (Å²) >= 11 is 0. The van der Waals surface area contributed by atoms with E-state index >= 15 is 0 Å². The van der Waals surface area contributed by atoms with E-state index in [1.165, 1.54) is 0 Å². The maximum absolute atomic E-state index is 12.4. The zero-order valence-corrected chi connectivity index (χ0v) is 12.3. The van der Waals surface area contributed by atoms with E-state index in [-0.39, 0.29) is 5.91 Å². The molecule has 5 nitrogen and oxygen atoms in total. The first-order valence-electron chi connectivity index (χ1n) is 7.27. The molecule has 5 heteroatoms. The lowest BCUT2D eigenvalue weighted by atomic mass is 10.2. The molecule has 21 heavy (non-hydrogen) atoms. The second-order valence-corrected chi connectivity index (χ2v) is 5.11. The number of imidazole rings is 1. The van der Waals surface area contributed by atoms with E-state index in [1.54, 1.807) is 13.1 Å². The second kappa shape index (κ2) is 5.60. The molecule has 1 amide bonds. The van der Waals surface area contributed by atoms with Gasteiger partial charge in [-0.3, -0.25) is 4.79 Å². The van der Waals surface area contributed by atoms with Crippen LogP contribution in [0.2, 0.25) is 0 Å². The number of carbonyl (C=O) groups is 1. The van der Waals surface area contributed by atoms with Crippen molar-refractivity contribution in [2.24, 2.45) is 0 Å². The lowest BCUT2D eigenvalue weighted by Gasteiger charge is -2.33. The third kappa shape index (κ3) is 2.51. The minimum Gasteiger partial charge on any atom is -0.479 e. The molecule has 2 heterocycles. The predicted molar refractivity (Wildman–Crippen MR) is 80.5 cm³/mol. The van der Waals surface area contributed by atoms with E-state index in [0.717, 1.165) is 30.2 Å². The molecule has 1 atom stereocenters. The third-order valence-corrected chi connectivity index (χ3v) is 3.76. The Labute approximate surface area is 124 Å². The van der Waals surface area contributed by atoms with Crippen LogP contribution in [0.5, 0.6) is 5.75 Å². The molecular weight excluding hydrogens is 266 g/mol. The van der Waals surface area contributed by atoms with E-state index in [2.05, 4.69) is 16.5 Å². The highest BCUT2D eigenvalue weighted by Crippen LogP contribution is 2.33. The molecule has 0 saturated carbocycles. The summed E-state index contributed by atoms with van der Waals surface area (Å²) in [6.45, 7) is 5.22. The summed E-state index contributed by atoms with van der Waals surface area (Å²) in [5.41, 5.74) is 0.846. The Morgan fingerprint density at radius 3 is 2.90 bits per heavy atom. The van der Waals surface area contributed by atoms with Gasteiger partial charge < -0.3 is 14.2 Å². The highest BCUT2D eigenvalue weighted by atomic mass is 16.5. The molecule has 0 radical (unpaired) electrons. The predicted octanol–water partition coefficient (Wildman–Crippen LogP) is 2.26. The molecule has 0 saturated heterocycles. The molecule has 0 bridgehead atoms. The van der Waals surface area contributed by atoms with Crippen LogP contribution in [-0.4, -0.2) is 28.1 Å². The molecule has 0 spiro atoms. The molecule has 1 aliphatic heterocycles. The Bertz CT molecular complexity index is 650. The summed E-state index contributed by atoms with van der Waals surface area (Å²) < 4.78 is 7.74. The minimum atomic E-state index is -0.437. The highest BCUT2D eigenvalue weighted by Gasteiger charge is 2.30. The Morgan fingerprint density at radius 1 is 1.29 bits per heavy atom. The molecular formula is C16H19N3O2. The summed E-state index contributed by atoms with van der Waals surface area (Å²) in [6.07, 6.45) is 4.21. The van der Waals surface area contributed by atoms with E-state index in [1.807, 2.05) is 35.4 Å². The molecule has 0 N–H and O–H groups in total. The van der Waals surface area contributed by atoms with E-state index in [4.69, 9.17) is 4.74 Å². The van der Waals surface area contributed by atoms with Crippen LogP contribution in [-0.2, 0) is 17.8 Å². The fourth-order valence-electron chi connectivity index (χ4n) is 2.66. The summed E-state index contributed by atoms with van der Waals surface area (Å²) in [7, 11) is 0. The summed E-state index contributed by atoms with van der Waals surface area (Å²) in [6, 6.07) is 7.67. The quantitative estimate of drug-likeness (QED) is 0.865. The maximum Gasteiger partial charge on any atom is 0.267 e. The number of hydrogen-bond donors (Lipinski definition) is 0. The fourth-order valence-corrected chi connectivity index (χ4v) is 2.66. The van der Waals surface area contributed by atoms with Crippen LogP contribution >= 0.6 is 0 Å². The number of hydrogen-bond acceptors (Lipinski definition) is 3. The van der Waals surface area contributed by atoms with Crippen molar-refractivity contribution in [1.29, 1.82) is 0 Å². The first kappa shape index (κ1) is 13.7. The number of benzene rings is 1. The van der Waals surface area contributed by atoms with Crippen LogP contribution in [0.25, 0.3) is 0 Å². The van der Waals surface area contributed by atoms with Gasteiger partial charge in [0.25, 0.3) is 5.91 Å². The van der Waals surface area contributed by atoms with Crippen LogP contribution in [0.1, 0.15) is 19.7 Å². The molecule has 110 valence electrons. The number of para-hydroxylation sites is 2. The van der Waals surface area contributed by atoms with Gasteiger partial charge in [0, 0.05) is 31.9 Å². The van der Waals surface area contributed by atoms with Crippen LogP contribution in [0, 0.1) is 0 Å². The number of aromatic nitrogens is 2. The first-order chi connectivity index (χ1) is 10.2. The van der Waals surface area contributed by atoms with Gasteiger partial charge in [0.2, 0.25) is 0 Å². The van der Waals surface area contributed by atoms with Crippen molar-refractivity contribution in [3.8, 4) is 5.75 Å². The van der Waals surface area contributed by atoms with Gasteiger partial charge in [0.05, 0.1) is 5.69 Å². The number of amides is 1. The van der Waals surface area contributed by atoms with Crippen LogP contribution in [0.15, 0.2) is 36.7 Å². The molecule has 1 aromatic carbocycles. The van der Waals surface area contributed by atoms with Gasteiger partial charge in [0.15, 0.2) is 6.10 Å². The Balaban J connectivity index is 1.82. The normalized spacial score (nSPS) is 17.5. The van der Waals surface area contributed by atoms with Crippen LogP contribution in [0.4, 0.5) is 5.69 Å². The van der Waals surface area contributed by atoms with Crippen molar-refractivity contribution in [2.75, 3.05) is 11.4 Å². The molecule has 0 unspecified atom stereocenters. The maximum atomic E-state index is 12.4. The zero-order chi connectivity index (χ0) is 14.8. The topological polar surface area (TPSA) is 47.4 Å². The molecule has 1 aromatic heterocycles. The molecule has 3 rings (SSSR count). The monoisotopic (exact) mass is 285 g/mol. The van der Waals surface area contributed by atoms with Gasteiger partial charge in [-0.15, -0.1) is 0 Å². The van der Waals surface area contributed by atoms with E-state index in [9.17, 15) is 4.79 Å².